The summed E-state index contributed by atoms with van der Waals surface area (Å²) in [7, 11) is 1.77. The van der Waals surface area contributed by atoms with E-state index in [4.69, 9.17) is 0 Å². The van der Waals surface area contributed by atoms with E-state index in [0.29, 0.717) is 11.4 Å². The Bertz CT molecular complexity index is 513. The fourth-order valence-electron chi connectivity index (χ4n) is 1.29. The molecule has 15 heavy (non-hydrogen) atoms. The first kappa shape index (κ1) is 9.38. The van der Waals surface area contributed by atoms with Crippen molar-refractivity contribution in [3.05, 3.63) is 34.4 Å². The SMILES string of the molecule is Cc1nn(-c2cnn(C)c2)cc1[N+](=O)[O-]. The molecule has 0 fully saturated rings. The Kier molecular flexibility index (Phi) is 2.00. The second-order valence-electron chi connectivity index (χ2n) is 3.17. The summed E-state index contributed by atoms with van der Waals surface area (Å²) in [5, 5.41) is 18.6. The Morgan fingerprint density at radius 3 is 2.67 bits per heavy atom. The molecule has 0 N–H and O–H groups in total. The van der Waals surface area contributed by atoms with Gasteiger partial charge in [-0.05, 0) is 6.92 Å². The van der Waals surface area contributed by atoms with Gasteiger partial charge in [-0.1, -0.05) is 0 Å². The second kappa shape index (κ2) is 3.19. The van der Waals surface area contributed by atoms with Gasteiger partial charge in [0.2, 0.25) is 0 Å². The Labute approximate surface area is 85.1 Å². The number of aromatic nitrogens is 4. The van der Waals surface area contributed by atoms with E-state index in [1.54, 1.807) is 31.0 Å². The molecule has 0 bridgehead atoms. The molecule has 0 amide bonds. The van der Waals surface area contributed by atoms with Crippen LogP contribution >= 0.6 is 0 Å². The molecular weight excluding hydrogens is 198 g/mol. The molecule has 0 aromatic carbocycles. The second-order valence-corrected chi connectivity index (χ2v) is 3.17. The minimum Gasteiger partial charge on any atom is -0.274 e. The predicted octanol–water partition coefficient (Wildman–Crippen LogP) is 0.822. The molecule has 2 aromatic rings. The third-order valence-electron chi connectivity index (χ3n) is 2.03. The van der Waals surface area contributed by atoms with Crippen LogP contribution in [-0.4, -0.2) is 24.5 Å². The zero-order chi connectivity index (χ0) is 11.0. The van der Waals surface area contributed by atoms with Crippen molar-refractivity contribution in [3.8, 4) is 5.69 Å². The molecule has 7 heteroatoms. The van der Waals surface area contributed by atoms with Crippen LogP contribution in [0, 0.1) is 17.0 Å². The van der Waals surface area contributed by atoms with Crippen molar-refractivity contribution in [2.24, 2.45) is 7.05 Å². The zero-order valence-electron chi connectivity index (χ0n) is 8.28. The smallest absolute Gasteiger partial charge is 0.274 e. The van der Waals surface area contributed by atoms with Crippen molar-refractivity contribution in [1.82, 2.24) is 19.6 Å². The van der Waals surface area contributed by atoms with Crippen molar-refractivity contribution in [2.45, 2.75) is 6.92 Å². The molecule has 2 heterocycles. The maximum Gasteiger partial charge on any atom is 0.310 e. The molecule has 7 nitrogen and oxygen atoms in total. The van der Waals surface area contributed by atoms with Crippen molar-refractivity contribution in [3.63, 3.8) is 0 Å². The minimum absolute atomic E-state index is 0.0128. The lowest BCUT2D eigenvalue weighted by atomic mass is 10.4. The molecule has 0 spiro atoms. The highest BCUT2D eigenvalue weighted by atomic mass is 16.6. The molecule has 0 aliphatic heterocycles. The summed E-state index contributed by atoms with van der Waals surface area (Å²) >= 11 is 0. The van der Waals surface area contributed by atoms with Gasteiger partial charge < -0.3 is 0 Å². The summed E-state index contributed by atoms with van der Waals surface area (Å²) < 4.78 is 3.05. The monoisotopic (exact) mass is 207 g/mol. The summed E-state index contributed by atoms with van der Waals surface area (Å²) in [5.41, 5.74) is 1.11. The predicted molar refractivity (Wildman–Crippen MR) is 51.7 cm³/mol. The number of aryl methyl sites for hydroxylation is 2. The van der Waals surface area contributed by atoms with Crippen LogP contribution < -0.4 is 0 Å². The van der Waals surface area contributed by atoms with E-state index < -0.39 is 4.92 Å². The highest BCUT2D eigenvalue weighted by Gasteiger charge is 2.16. The standard InChI is InChI=1S/C8H9N5O2/c1-6-8(13(14)15)5-12(10-6)7-3-9-11(2)4-7/h3-5H,1-2H3. The van der Waals surface area contributed by atoms with Crippen molar-refractivity contribution < 1.29 is 4.92 Å². The lowest BCUT2D eigenvalue weighted by Gasteiger charge is -1.91. The number of hydrogen-bond acceptors (Lipinski definition) is 4. The molecule has 0 aliphatic carbocycles. The highest BCUT2D eigenvalue weighted by Crippen LogP contribution is 2.17. The molecule has 0 aliphatic rings. The molecule has 2 rings (SSSR count). The van der Waals surface area contributed by atoms with Crippen LogP contribution in [0.2, 0.25) is 0 Å². The minimum atomic E-state index is -0.449. The summed E-state index contributed by atoms with van der Waals surface area (Å²) in [4.78, 5) is 10.2. The molecule has 2 aromatic heterocycles. The van der Waals surface area contributed by atoms with E-state index in [9.17, 15) is 10.1 Å². The van der Waals surface area contributed by atoms with Crippen molar-refractivity contribution in [1.29, 1.82) is 0 Å². The topological polar surface area (TPSA) is 78.8 Å². The third-order valence-corrected chi connectivity index (χ3v) is 2.03. The Balaban J connectivity index is 2.46. The van der Waals surface area contributed by atoms with E-state index in [0.717, 1.165) is 0 Å². The van der Waals surface area contributed by atoms with Crippen LogP contribution in [0.1, 0.15) is 5.69 Å². The first-order valence-corrected chi connectivity index (χ1v) is 4.27. The normalized spacial score (nSPS) is 10.5. The first-order chi connectivity index (χ1) is 7.08. The van der Waals surface area contributed by atoms with Gasteiger partial charge in [0.15, 0.2) is 0 Å². The van der Waals surface area contributed by atoms with Gasteiger partial charge >= 0.3 is 5.69 Å². The van der Waals surface area contributed by atoms with Crippen LogP contribution in [0.4, 0.5) is 5.69 Å². The Morgan fingerprint density at radius 1 is 1.47 bits per heavy atom. The van der Waals surface area contributed by atoms with Crippen LogP contribution in [0.15, 0.2) is 18.6 Å². The summed E-state index contributed by atoms with van der Waals surface area (Å²) in [6.07, 6.45) is 4.71. The van der Waals surface area contributed by atoms with E-state index >= 15 is 0 Å². The van der Waals surface area contributed by atoms with Gasteiger partial charge in [0.25, 0.3) is 0 Å². The summed E-state index contributed by atoms with van der Waals surface area (Å²) in [5.74, 6) is 0. The number of nitro groups is 1. The van der Waals surface area contributed by atoms with E-state index in [-0.39, 0.29) is 5.69 Å². The van der Waals surface area contributed by atoms with Gasteiger partial charge in [-0.3, -0.25) is 14.8 Å². The molecule has 0 saturated heterocycles. The largest absolute Gasteiger partial charge is 0.310 e. The van der Waals surface area contributed by atoms with Gasteiger partial charge in [0.1, 0.15) is 17.6 Å². The van der Waals surface area contributed by atoms with Crippen LogP contribution in [0.3, 0.4) is 0 Å². The number of hydrogen-bond donors (Lipinski definition) is 0. The average Bonchev–Trinajstić information content (AvgIpc) is 2.71. The zero-order valence-corrected chi connectivity index (χ0v) is 8.28. The summed E-state index contributed by atoms with van der Waals surface area (Å²) in [6, 6.07) is 0. The van der Waals surface area contributed by atoms with Crippen LogP contribution in [0.25, 0.3) is 5.69 Å². The molecule has 0 saturated carbocycles. The fraction of sp³-hybridized carbons (Fsp3) is 0.250. The van der Waals surface area contributed by atoms with E-state index in [2.05, 4.69) is 10.2 Å². The molecule has 0 atom stereocenters. The maximum absolute atomic E-state index is 10.6. The lowest BCUT2D eigenvalue weighted by Crippen LogP contribution is -1.92. The van der Waals surface area contributed by atoms with E-state index in [1.165, 1.54) is 10.9 Å². The summed E-state index contributed by atoms with van der Waals surface area (Å²) in [6.45, 7) is 1.60. The Hall–Kier alpha value is -2.18. The van der Waals surface area contributed by atoms with Gasteiger partial charge in [-0.15, -0.1) is 0 Å². The van der Waals surface area contributed by atoms with Gasteiger partial charge in [-0.2, -0.15) is 10.2 Å². The molecule has 0 unspecified atom stereocenters. The average molecular weight is 207 g/mol. The number of nitrogens with zero attached hydrogens (tertiary/aromatic N) is 5. The van der Waals surface area contributed by atoms with Gasteiger partial charge in [-0.25, -0.2) is 4.68 Å². The maximum atomic E-state index is 10.6. The molecule has 0 radical (unpaired) electrons. The highest BCUT2D eigenvalue weighted by molar-refractivity contribution is 5.36. The van der Waals surface area contributed by atoms with E-state index in [1.807, 2.05) is 0 Å². The van der Waals surface area contributed by atoms with Gasteiger partial charge in [0, 0.05) is 7.05 Å². The fourth-order valence-corrected chi connectivity index (χ4v) is 1.29. The quantitative estimate of drug-likeness (QED) is 0.539. The molecule has 78 valence electrons. The van der Waals surface area contributed by atoms with Gasteiger partial charge in [0.05, 0.1) is 17.3 Å². The third kappa shape index (κ3) is 1.58. The Morgan fingerprint density at radius 2 is 2.20 bits per heavy atom. The first-order valence-electron chi connectivity index (χ1n) is 4.27. The van der Waals surface area contributed by atoms with Crippen LogP contribution in [0.5, 0.6) is 0 Å². The van der Waals surface area contributed by atoms with Crippen molar-refractivity contribution in [2.75, 3.05) is 0 Å². The lowest BCUT2D eigenvalue weighted by molar-refractivity contribution is -0.385. The van der Waals surface area contributed by atoms with Crippen molar-refractivity contribution >= 4 is 5.69 Å². The molecular formula is C8H9N5O2. The number of rotatable bonds is 2. The van der Waals surface area contributed by atoms with Crippen LogP contribution in [-0.2, 0) is 7.05 Å².